The number of rotatable bonds is 35. The lowest BCUT2D eigenvalue weighted by atomic mass is 9.76. The molecule has 4 aliphatic heterocycles. The maximum Gasteiger partial charge on any atom is 0.341 e. The number of carbonyl (C=O) groups excluding carboxylic acids is 2. The third-order valence-corrected chi connectivity index (χ3v) is 26.1. The number of pyridine rings is 1. The minimum atomic E-state index is -1.10. The topological polar surface area (TPSA) is 133 Å². The Morgan fingerprint density at radius 1 is 0.413 bits per heavy atom. The van der Waals surface area contributed by atoms with Crippen molar-refractivity contribution < 1.29 is 38.0 Å². The first kappa shape index (κ1) is 84.8. The van der Waals surface area contributed by atoms with Gasteiger partial charge < -0.3 is 47.0 Å². The molecule has 0 saturated heterocycles. The summed E-state index contributed by atoms with van der Waals surface area (Å²) in [5.41, 5.74) is 15.7. The highest BCUT2D eigenvalue weighted by atomic mass is 32.1. The molecule has 0 fully saturated rings. The van der Waals surface area contributed by atoms with Crippen LogP contribution in [0.4, 0.5) is 11.4 Å². The summed E-state index contributed by atoms with van der Waals surface area (Å²) in [7, 11) is 0. The number of para-hydroxylation sites is 4. The Hall–Kier alpha value is -11.2. The number of aryl methyl sites for hydroxylation is 3. The van der Waals surface area contributed by atoms with Crippen LogP contribution in [0.2, 0.25) is 0 Å². The van der Waals surface area contributed by atoms with E-state index in [2.05, 4.69) is 227 Å². The Morgan fingerprint density at radius 2 is 0.876 bits per heavy atom. The lowest BCUT2D eigenvalue weighted by molar-refractivity contribution is 0.0239. The summed E-state index contributed by atoms with van der Waals surface area (Å²) in [6.45, 7) is 28.0. The average Bonchev–Trinajstić information content (AvgIpc) is 1.58. The number of hydrogen-bond acceptors (Lipinski definition) is 12. The van der Waals surface area contributed by atoms with E-state index in [9.17, 15) is 9.59 Å². The second kappa shape index (κ2) is 38.7. The lowest BCUT2D eigenvalue weighted by Gasteiger charge is -2.43. The first-order valence-corrected chi connectivity index (χ1v) is 46.0. The molecule has 1 atom stereocenters. The predicted octanol–water partition coefficient (Wildman–Crippen LogP) is 27.2. The van der Waals surface area contributed by atoms with Crippen molar-refractivity contribution in [1.29, 1.82) is 0 Å². The van der Waals surface area contributed by atoms with Crippen LogP contribution in [0.5, 0.6) is 23.0 Å². The fourth-order valence-corrected chi connectivity index (χ4v) is 19.9. The number of benzene rings is 8. The van der Waals surface area contributed by atoms with E-state index in [0.717, 1.165) is 159 Å². The van der Waals surface area contributed by atoms with Gasteiger partial charge in [-0.15, -0.1) is 11.3 Å². The fourth-order valence-electron chi connectivity index (χ4n) is 19.3. The molecule has 628 valence electrons. The second-order valence-electron chi connectivity index (χ2n) is 32.8. The number of esters is 2. The number of unbranched alkanes of at least 4 members (excludes halogenated alkanes) is 16. The van der Waals surface area contributed by atoms with E-state index in [4.69, 9.17) is 38.4 Å². The van der Waals surface area contributed by atoms with Gasteiger partial charge in [0.15, 0.2) is 11.2 Å². The molecular formula is C106H120N6O8S. The zero-order chi connectivity index (χ0) is 84.0. The highest BCUT2D eigenvalue weighted by Gasteiger charge is 2.56. The molecule has 1 unspecified atom stereocenters. The van der Waals surface area contributed by atoms with Crippen LogP contribution in [-0.4, -0.2) is 62.8 Å². The van der Waals surface area contributed by atoms with Crippen molar-refractivity contribution in [2.75, 3.05) is 31.2 Å². The van der Waals surface area contributed by atoms with Crippen LogP contribution >= 0.6 is 11.3 Å². The van der Waals surface area contributed by atoms with Gasteiger partial charge in [0.25, 0.3) is 0 Å². The monoisotopic (exact) mass is 1640 g/mol. The van der Waals surface area contributed by atoms with E-state index in [1.54, 1.807) is 23.6 Å². The highest BCUT2D eigenvalue weighted by Crippen LogP contribution is 2.59. The number of fused-ring (bicyclic) bond motifs is 11. The number of thiophene rings is 1. The van der Waals surface area contributed by atoms with Crippen LogP contribution < -0.4 is 19.1 Å². The number of aliphatic imine (C=N–C) groups is 1. The standard InChI is InChI=1S/C42H52N2O2.C36H39NO4S.C28H29N3O2/c1-5-7-9-11-13-21-29-43-31(3)39(34-24-16-19-27-37(34)43)42(36-26-18-15-23-33(36)41(45)46-42)40-32(4)44(30-22-14-12-10-8-6-2)38-28-20-17-25-35(38)40;1-3-5-7-11-21-38-26-17-19-29-32(24-26)40-33-25-27(39-22-12-8-6-4-2)18-20-30(33)36(29)28-14-9-10-15-31(28)37-35(41-36)34-16-13-23-42-34;1-5-30(6-2)21-16-14-20(15-17-21)28(26-23(27(32)33-28)12-10-18-29-26)25-19(4)31(7-3)24-13-9-8-11-22(24)25/h15-20,23-28H,5-14,21-22,29-30H2,1-4H3;9-10,13-20,23-25H,3-8,11-12,21-22H2,1-2H3;8-18H,5-7H2,1-4H3. The number of carbonyl (C=O) groups is 2. The molecule has 1 spiro atoms. The lowest BCUT2D eigenvalue weighted by Crippen LogP contribution is -2.39. The first-order chi connectivity index (χ1) is 59.3. The van der Waals surface area contributed by atoms with E-state index < -0.39 is 16.8 Å². The largest absolute Gasteiger partial charge is 0.493 e. The Kier molecular flexibility index (Phi) is 27.1. The number of ether oxygens (including phenoxy) is 6. The van der Waals surface area contributed by atoms with E-state index >= 15 is 0 Å². The number of hydrogen-bond donors (Lipinski definition) is 0. The van der Waals surface area contributed by atoms with Gasteiger partial charge in [-0.1, -0.05) is 240 Å². The van der Waals surface area contributed by atoms with Crippen molar-refractivity contribution in [3.63, 3.8) is 0 Å². The van der Waals surface area contributed by atoms with Gasteiger partial charge in [0.1, 0.15) is 28.7 Å². The Balaban J connectivity index is 0.000000143. The number of aromatic nitrogens is 4. The molecule has 121 heavy (non-hydrogen) atoms. The number of nitrogens with zero attached hydrogens (tertiary/aromatic N) is 6. The van der Waals surface area contributed by atoms with Gasteiger partial charge in [-0.25, -0.2) is 14.6 Å². The van der Waals surface area contributed by atoms with Gasteiger partial charge in [0, 0.05) is 151 Å². The van der Waals surface area contributed by atoms with Crippen LogP contribution in [0.15, 0.2) is 223 Å². The summed E-state index contributed by atoms with van der Waals surface area (Å²) in [5, 5.41) is 5.47. The van der Waals surface area contributed by atoms with Crippen molar-refractivity contribution in [2.45, 2.75) is 234 Å². The third kappa shape index (κ3) is 16.4. The number of anilines is 1. The molecule has 0 saturated carbocycles. The Labute approximate surface area is 719 Å². The smallest absolute Gasteiger partial charge is 0.341 e. The van der Waals surface area contributed by atoms with Crippen molar-refractivity contribution >= 4 is 73.3 Å². The van der Waals surface area contributed by atoms with E-state index in [-0.39, 0.29) is 11.9 Å². The summed E-state index contributed by atoms with van der Waals surface area (Å²) in [4.78, 5) is 40.0. The summed E-state index contributed by atoms with van der Waals surface area (Å²) in [6, 6.07) is 70.5. The van der Waals surface area contributed by atoms with Crippen molar-refractivity contribution in [1.82, 2.24) is 18.7 Å². The molecule has 13 aromatic rings. The molecule has 8 aromatic carbocycles. The van der Waals surface area contributed by atoms with Crippen molar-refractivity contribution in [3.05, 3.63) is 301 Å². The predicted molar refractivity (Wildman–Crippen MR) is 494 cm³/mol. The molecule has 0 N–H and O–H groups in total. The molecular weight excluding hydrogens is 1520 g/mol. The molecule has 0 aliphatic carbocycles. The van der Waals surface area contributed by atoms with Gasteiger partial charge in [-0.2, -0.15) is 0 Å². The molecule has 15 heteroatoms. The first-order valence-electron chi connectivity index (χ1n) is 45.1. The third-order valence-electron chi connectivity index (χ3n) is 25.2. The molecule has 17 rings (SSSR count). The Morgan fingerprint density at radius 3 is 1.41 bits per heavy atom. The van der Waals surface area contributed by atoms with Crippen LogP contribution in [0.1, 0.15) is 270 Å². The zero-order valence-electron chi connectivity index (χ0n) is 72.7. The summed E-state index contributed by atoms with van der Waals surface area (Å²) >= 11 is 1.62. The molecule has 0 radical (unpaired) electrons. The normalized spacial score (nSPS) is 14.9. The van der Waals surface area contributed by atoms with E-state index in [1.807, 2.05) is 66.7 Å². The van der Waals surface area contributed by atoms with Crippen LogP contribution in [-0.2, 0) is 50.6 Å². The van der Waals surface area contributed by atoms with Gasteiger partial charge in [0.2, 0.25) is 11.5 Å². The van der Waals surface area contributed by atoms with Gasteiger partial charge in [-0.05, 0) is 158 Å². The van der Waals surface area contributed by atoms with E-state index in [1.165, 1.54) is 136 Å². The van der Waals surface area contributed by atoms with Gasteiger partial charge in [-0.3, -0.25) is 4.98 Å². The van der Waals surface area contributed by atoms with Crippen molar-refractivity contribution in [2.24, 2.45) is 4.99 Å². The van der Waals surface area contributed by atoms with Gasteiger partial charge >= 0.3 is 11.9 Å². The maximum atomic E-state index is 13.9. The fraction of sp³-hybridized carbons (Fsp3) is 0.377. The quantitative estimate of drug-likeness (QED) is 0.0279. The maximum absolute atomic E-state index is 13.9. The molecule has 0 bridgehead atoms. The minimum absolute atomic E-state index is 0.241. The minimum Gasteiger partial charge on any atom is -0.493 e. The zero-order valence-corrected chi connectivity index (χ0v) is 73.6. The highest BCUT2D eigenvalue weighted by molar-refractivity contribution is 7.12. The average molecular weight is 1640 g/mol. The molecule has 5 aromatic heterocycles. The molecule has 9 heterocycles. The summed E-state index contributed by atoms with van der Waals surface area (Å²) in [5.74, 6) is 3.06. The SMILES string of the molecule is CCCCCCCCn1c(C)c(C2(c3c(C)n(CCCCCCCC)c4ccccc34)OC(=O)c3ccccc32)c2ccccc21.CCCCCCOc1ccc2c(c1)Oc1cc(OCCCCCC)ccc1C21OC(c2cccs2)=Nc2ccccc21.CCN(CC)c1ccc(C2(c3c(C)n(CC)c4ccccc34)OC(=O)c3cccnc32)cc1. The van der Waals surface area contributed by atoms with Crippen LogP contribution in [0, 0.1) is 20.8 Å². The van der Waals surface area contributed by atoms with Crippen molar-refractivity contribution in [3.8, 4) is 23.0 Å². The second-order valence-corrected chi connectivity index (χ2v) is 33.7. The summed E-state index contributed by atoms with van der Waals surface area (Å²) in [6.07, 6.45) is 26.1. The molecule has 4 aliphatic rings. The van der Waals surface area contributed by atoms with Gasteiger partial charge in [0.05, 0.1) is 34.9 Å². The number of cyclic esters (lactones) is 2. The van der Waals surface area contributed by atoms with Crippen LogP contribution in [0.3, 0.4) is 0 Å². The van der Waals surface area contributed by atoms with E-state index in [0.29, 0.717) is 35.9 Å². The summed E-state index contributed by atoms with van der Waals surface area (Å²) < 4.78 is 46.6. The Bertz CT molecular complexity index is 5620. The van der Waals surface area contributed by atoms with Crippen LogP contribution in [0.25, 0.3) is 32.7 Å². The molecule has 0 amide bonds. The molecule has 14 nitrogen and oxygen atoms in total.